The third-order valence-electron chi connectivity index (χ3n) is 2.54. The van der Waals surface area contributed by atoms with Crippen LogP contribution in [0, 0.1) is 11.3 Å². The number of rotatable bonds is 3. The van der Waals surface area contributed by atoms with Gasteiger partial charge >= 0.3 is 6.03 Å². The van der Waals surface area contributed by atoms with Crippen LogP contribution in [0.15, 0.2) is 18.2 Å². The number of carbonyl (C=O) groups excluding carboxylic acids is 1. The summed E-state index contributed by atoms with van der Waals surface area (Å²) in [5.74, 6) is 0. The lowest BCUT2D eigenvalue weighted by Crippen LogP contribution is -2.38. The molecule has 0 fully saturated rings. The first kappa shape index (κ1) is 14.6. The summed E-state index contributed by atoms with van der Waals surface area (Å²) in [5.41, 5.74) is 0.449. The quantitative estimate of drug-likeness (QED) is 0.919. The highest BCUT2D eigenvalue weighted by molar-refractivity contribution is 6.35. The molecule has 0 radical (unpaired) electrons. The van der Waals surface area contributed by atoms with E-state index in [1.54, 1.807) is 32.2 Å². The van der Waals surface area contributed by atoms with Crippen molar-refractivity contribution in [1.82, 2.24) is 4.90 Å². The van der Waals surface area contributed by atoms with E-state index in [4.69, 9.17) is 28.5 Å². The van der Waals surface area contributed by atoms with Crippen molar-refractivity contribution in [3.63, 3.8) is 0 Å². The molecule has 1 aromatic rings. The van der Waals surface area contributed by atoms with Gasteiger partial charge < -0.3 is 10.2 Å². The summed E-state index contributed by atoms with van der Waals surface area (Å²) < 4.78 is 0. The molecular weight excluding hydrogens is 273 g/mol. The molecule has 0 saturated carbocycles. The summed E-state index contributed by atoms with van der Waals surface area (Å²) in [6.45, 7) is 1.79. The highest BCUT2D eigenvalue weighted by Crippen LogP contribution is 2.25. The molecule has 0 saturated heterocycles. The molecule has 2 amide bonds. The zero-order valence-electron chi connectivity index (χ0n) is 10.1. The molecule has 0 aromatic heterocycles. The molecule has 1 rings (SSSR count). The SMILES string of the molecule is CC(CC#N)N(C)C(=O)Nc1cc(Cl)ccc1Cl. The Morgan fingerprint density at radius 1 is 1.56 bits per heavy atom. The first-order valence-electron chi connectivity index (χ1n) is 5.31. The van der Waals surface area contributed by atoms with Crippen LogP contribution in [0.25, 0.3) is 0 Å². The number of carbonyl (C=O) groups is 1. The predicted octanol–water partition coefficient (Wildman–Crippen LogP) is 3.76. The maximum atomic E-state index is 11.9. The van der Waals surface area contributed by atoms with Crippen molar-refractivity contribution in [2.24, 2.45) is 0 Å². The summed E-state index contributed by atoms with van der Waals surface area (Å²) in [6, 6.07) is 6.34. The molecule has 1 atom stereocenters. The lowest BCUT2D eigenvalue weighted by atomic mass is 10.2. The Labute approximate surface area is 116 Å². The minimum atomic E-state index is -0.332. The minimum Gasteiger partial charge on any atom is -0.324 e. The third-order valence-corrected chi connectivity index (χ3v) is 3.10. The normalized spacial score (nSPS) is 11.5. The van der Waals surface area contributed by atoms with Crippen LogP contribution in [0.1, 0.15) is 13.3 Å². The van der Waals surface area contributed by atoms with Gasteiger partial charge in [0, 0.05) is 18.1 Å². The van der Waals surface area contributed by atoms with Crippen molar-refractivity contribution in [2.75, 3.05) is 12.4 Å². The zero-order valence-corrected chi connectivity index (χ0v) is 11.6. The minimum absolute atomic E-state index is 0.173. The van der Waals surface area contributed by atoms with E-state index in [1.165, 1.54) is 4.90 Å². The van der Waals surface area contributed by atoms with Gasteiger partial charge in [-0.3, -0.25) is 0 Å². The van der Waals surface area contributed by atoms with Crippen LogP contribution in [-0.4, -0.2) is 24.0 Å². The topological polar surface area (TPSA) is 56.1 Å². The Morgan fingerprint density at radius 3 is 2.83 bits per heavy atom. The van der Waals surface area contributed by atoms with Gasteiger partial charge in [0.25, 0.3) is 0 Å². The van der Waals surface area contributed by atoms with Crippen LogP contribution in [0.2, 0.25) is 10.0 Å². The highest BCUT2D eigenvalue weighted by atomic mass is 35.5. The standard InChI is InChI=1S/C12H13Cl2N3O/c1-8(5-6-15)17(2)12(18)16-11-7-9(13)3-4-10(11)14/h3-4,7-8H,5H2,1-2H3,(H,16,18). The number of nitrogens with one attached hydrogen (secondary N) is 1. The van der Waals surface area contributed by atoms with Gasteiger partial charge in [0.15, 0.2) is 0 Å². The van der Waals surface area contributed by atoms with Crippen molar-refractivity contribution in [3.05, 3.63) is 28.2 Å². The van der Waals surface area contributed by atoms with Gasteiger partial charge in [0.05, 0.1) is 23.2 Å². The van der Waals surface area contributed by atoms with Gasteiger partial charge in [-0.05, 0) is 25.1 Å². The first-order chi connectivity index (χ1) is 8.45. The zero-order chi connectivity index (χ0) is 13.7. The van der Waals surface area contributed by atoms with E-state index in [1.807, 2.05) is 6.07 Å². The summed E-state index contributed by atoms with van der Waals surface area (Å²) >= 11 is 11.8. The third kappa shape index (κ3) is 3.80. The van der Waals surface area contributed by atoms with Gasteiger partial charge in [0.1, 0.15) is 0 Å². The molecule has 1 aromatic carbocycles. The molecule has 0 heterocycles. The number of hydrogen-bond donors (Lipinski definition) is 1. The number of amides is 2. The monoisotopic (exact) mass is 285 g/mol. The first-order valence-corrected chi connectivity index (χ1v) is 6.07. The Kier molecular flexibility index (Phi) is 5.26. The Bertz CT molecular complexity index is 485. The van der Waals surface area contributed by atoms with Crippen LogP contribution in [0.5, 0.6) is 0 Å². The van der Waals surface area contributed by atoms with Crippen LogP contribution in [-0.2, 0) is 0 Å². The molecule has 0 aliphatic carbocycles. The fraction of sp³-hybridized carbons (Fsp3) is 0.333. The lowest BCUT2D eigenvalue weighted by Gasteiger charge is -2.23. The number of benzene rings is 1. The number of nitrogens with zero attached hydrogens (tertiary/aromatic N) is 2. The average Bonchev–Trinajstić information content (AvgIpc) is 2.33. The molecule has 96 valence electrons. The van der Waals surface area contributed by atoms with Gasteiger partial charge in [-0.15, -0.1) is 0 Å². The molecular formula is C12H13Cl2N3O. The van der Waals surface area contributed by atoms with Crippen molar-refractivity contribution >= 4 is 34.9 Å². The molecule has 4 nitrogen and oxygen atoms in total. The molecule has 0 aliphatic heterocycles. The van der Waals surface area contributed by atoms with E-state index in [0.717, 1.165) is 0 Å². The van der Waals surface area contributed by atoms with Gasteiger partial charge in [0.2, 0.25) is 0 Å². The maximum absolute atomic E-state index is 11.9. The van der Waals surface area contributed by atoms with E-state index >= 15 is 0 Å². The number of nitriles is 1. The van der Waals surface area contributed by atoms with Crippen LogP contribution >= 0.6 is 23.2 Å². The van der Waals surface area contributed by atoms with Crippen molar-refractivity contribution in [3.8, 4) is 6.07 Å². The van der Waals surface area contributed by atoms with E-state index in [0.29, 0.717) is 15.7 Å². The Hall–Kier alpha value is -1.44. The largest absolute Gasteiger partial charge is 0.324 e. The maximum Gasteiger partial charge on any atom is 0.321 e. The van der Waals surface area contributed by atoms with Crippen molar-refractivity contribution in [2.45, 2.75) is 19.4 Å². The highest BCUT2D eigenvalue weighted by Gasteiger charge is 2.16. The van der Waals surface area contributed by atoms with Crippen molar-refractivity contribution < 1.29 is 4.79 Å². The number of halogens is 2. The summed E-state index contributed by atoms with van der Waals surface area (Å²) in [5, 5.41) is 12.1. The van der Waals surface area contributed by atoms with Gasteiger partial charge in [-0.25, -0.2) is 4.79 Å². The Balaban J connectivity index is 2.75. The van der Waals surface area contributed by atoms with Gasteiger partial charge in [-0.1, -0.05) is 23.2 Å². The molecule has 18 heavy (non-hydrogen) atoms. The van der Waals surface area contributed by atoms with Crippen LogP contribution in [0.4, 0.5) is 10.5 Å². The smallest absolute Gasteiger partial charge is 0.321 e. The summed E-state index contributed by atoms with van der Waals surface area (Å²) in [7, 11) is 1.62. The number of hydrogen-bond acceptors (Lipinski definition) is 2. The molecule has 0 aliphatic rings. The number of anilines is 1. The fourth-order valence-electron chi connectivity index (χ4n) is 1.27. The molecule has 1 N–H and O–H groups in total. The predicted molar refractivity (Wildman–Crippen MR) is 72.9 cm³/mol. The van der Waals surface area contributed by atoms with Crippen LogP contribution < -0.4 is 5.32 Å². The molecule has 1 unspecified atom stereocenters. The van der Waals surface area contributed by atoms with Crippen molar-refractivity contribution in [1.29, 1.82) is 5.26 Å². The van der Waals surface area contributed by atoms with E-state index in [2.05, 4.69) is 5.32 Å². The lowest BCUT2D eigenvalue weighted by molar-refractivity contribution is 0.208. The second-order valence-electron chi connectivity index (χ2n) is 3.88. The molecule has 0 spiro atoms. The number of urea groups is 1. The van der Waals surface area contributed by atoms with E-state index < -0.39 is 0 Å². The van der Waals surface area contributed by atoms with Gasteiger partial charge in [-0.2, -0.15) is 5.26 Å². The van der Waals surface area contributed by atoms with E-state index in [-0.39, 0.29) is 18.5 Å². The van der Waals surface area contributed by atoms with E-state index in [9.17, 15) is 4.79 Å². The molecule has 0 bridgehead atoms. The summed E-state index contributed by atoms with van der Waals surface area (Å²) in [4.78, 5) is 13.3. The van der Waals surface area contributed by atoms with Crippen LogP contribution in [0.3, 0.4) is 0 Å². The fourth-order valence-corrected chi connectivity index (χ4v) is 1.60. The Morgan fingerprint density at radius 2 is 2.22 bits per heavy atom. The second kappa shape index (κ2) is 6.48. The molecule has 6 heteroatoms. The second-order valence-corrected chi connectivity index (χ2v) is 4.72. The summed E-state index contributed by atoms with van der Waals surface area (Å²) in [6.07, 6.45) is 0.271. The average molecular weight is 286 g/mol.